The molecule has 0 aliphatic carbocycles. The molecule has 0 fully saturated rings. The minimum Gasteiger partial charge on any atom is -0.448 e. The molecule has 2 aromatic heterocycles. The second-order valence-electron chi connectivity index (χ2n) is 9.41. The maximum absolute atomic E-state index is 14.7. The van der Waals surface area contributed by atoms with E-state index in [9.17, 15) is 28.4 Å². The van der Waals surface area contributed by atoms with Gasteiger partial charge in [-0.3, -0.25) is 23.9 Å². The fourth-order valence-electron chi connectivity index (χ4n) is 4.42. The van der Waals surface area contributed by atoms with Gasteiger partial charge in [0.25, 0.3) is 5.56 Å². The molecule has 0 aliphatic heterocycles. The van der Waals surface area contributed by atoms with Crippen LogP contribution in [0.15, 0.2) is 58.1 Å². The predicted octanol–water partition coefficient (Wildman–Crippen LogP) is 2.26. The lowest BCUT2D eigenvalue weighted by molar-refractivity contribution is -0.129. The molecule has 0 atom stereocenters. The van der Waals surface area contributed by atoms with Crippen molar-refractivity contribution in [1.82, 2.24) is 24.1 Å². The third-order valence-corrected chi connectivity index (χ3v) is 6.39. The van der Waals surface area contributed by atoms with Crippen LogP contribution in [0, 0.1) is 5.82 Å². The molecule has 220 valence electrons. The number of aromatic amines is 1. The van der Waals surface area contributed by atoms with Gasteiger partial charge < -0.3 is 14.6 Å². The lowest BCUT2D eigenvalue weighted by atomic mass is 10.1. The van der Waals surface area contributed by atoms with E-state index in [1.807, 2.05) is 0 Å². The number of carbonyl (C=O) groups excluding carboxylic acids is 3. The van der Waals surface area contributed by atoms with Crippen LogP contribution < -0.4 is 22.4 Å². The Morgan fingerprint density at radius 1 is 1.10 bits per heavy atom. The van der Waals surface area contributed by atoms with Crippen molar-refractivity contribution in [1.29, 1.82) is 0 Å². The van der Waals surface area contributed by atoms with Gasteiger partial charge in [-0.2, -0.15) is 5.01 Å². The van der Waals surface area contributed by atoms with Crippen molar-refractivity contribution in [3.05, 3.63) is 92.1 Å². The predicted molar refractivity (Wildman–Crippen MR) is 151 cm³/mol. The molecule has 0 aliphatic rings. The van der Waals surface area contributed by atoms with E-state index >= 15 is 0 Å². The van der Waals surface area contributed by atoms with Gasteiger partial charge in [0.15, 0.2) is 11.2 Å². The number of amides is 3. The first kappa shape index (κ1) is 29.9. The van der Waals surface area contributed by atoms with Crippen molar-refractivity contribution in [3.63, 3.8) is 0 Å². The van der Waals surface area contributed by atoms with Gasteiger partial charge >= 0.3 is 11.8 Å². The molecule has 0 saturated carbocycles. The molecule has 42 heavy (non-hydrogen) atoms. The molecule has 0 unspecified atom stereocenters. The van der Waals surface area contributed by atoms with E-state index in [1.54, 1.807) is 54.0 Å². The van der Waals surface area contributed by atoms with E-state index in [4.69, 9.17) is 10.6 Å². The highest BCUT2D eigenvalue weighted by Crippen LogP contribution is 2.20. The maximum atomic E-state index is 14.7. The van der Waals surface area contributed by atoms with Crippen LogP contribution in [-0.4, -0.2) is 48.6 Å². The quantitative estimate of drug-likeness (QED) is 0.146. The number of fused-ring (bicyclic) bond motifs is 1. The summed E-state index contributed by atoms with van der Waals surface area (Å²) in [6.07, 6.45) is -0.872. The number of imidazole rings is 1. The summed E-state index contributed by atoms with van der Waals surface area (Å²) >= 11 is 0. The number of halogens is 1. The number of hydrogen-bond acceptors (Lipinski definition) is 8. The van der Waals surface area contributed by atoms with Crippen LogP contribution >= 0.6 is 0 Å². The molecule has 0 radical (unpaired) electrons. The van der Waals surface area contributed by atoms with Crippen molar-refractivity contribution < 1.29 is 23.5 Å². The largest absolute Gasteiger partial charge is 0.448 e. The average molecular weight is 580 g/mol. The minimum atomic E-state index is -0.993. The molecule has 0 bridgehead atoms. The number of rotatable bonds is 10. The summed E-state index contributed by atoms with van der Waals surface area (Å²) in [6.45, 7) is 2.95. The smallest absolute Gasteiger partial charge is 0.431 e. The molecule has 14 heteroatoms. The Balaban J connectivity index is 1.71. The zero-order chi connectivity index (χ0) is 30.4. The lowest BCUT2D eigenvalue weighted by Gasteiger charge is -2.14. The van der Waals surface area contributed by atoms with E-state index in [0.717, 1.165) is 5.56 Å². The van der Waals surface area contributed by atoms with Gasteiger partial charge in [-0.15, -0.1) is 0 Å². The second-order valence-corrected chi connectivity index (χ2v) is 9.41. The minimum absolute atomic E-state index is 0.0317. The van der Waals surface area contributed by atoms with Crippen molar-refractivity contribution in [2.45, 2.75) is 46.2 Å². The van der Waals surface area contributed by atoms with Crippen molar-refractivity contribution in [3.8, 4) is 0 Å². The summed E-state index contributed by atoms with van der Waals surface area (Å²) in [5.41, 5.74) is 0.375. The number of nitrogens with two attached hydrogens (primary N) is 1. The van der Waals surface area contributed by atoms with E-state index in [2.05, 4.69) is 15.3 Å². The number of hydrogen-bond donors (Lipinski definition) is 3. The highest BCUT2D eigenvalue weighted by atomic mass is 19.1. The number of nitrogens with zero attached hydrogens (tertiary/aromatic N) is 4. The molecule has 4 aromatic rings. The molecule has 2 heterocycles. The normalized spacial score (nSPS) is 11.0. The highest BCUT2D eigenvalue weighted by molar-refractivity contribution is 5.91. The number of benzene rings is 2. The van der Waals surface area contributed by atoms with Crippen LogP contribution in [0.4, 0.5) is 14.9 Å². The SMILES string of the molecule is CCOC(=O)N(N)C(=O)CCCn1c(=O)[nH]c(=O)c2c1nc(Cc1ccc(NC(C)=O)cc1)n2Cc1ccccc1F. The topological polar surface area (TPSA) is 174 Å². The monoisotopic (exact) mass is 579 g/mol. The van der Waals surface area contributed by atoms with Crippen LogP contribution in [0.25, 0.3) is 11.2 Å². The number of anilines is 1. The Morgan fingerprint density at radius 3 is 2.48 bits per heavy atom. The Hall–Kier alpha value is -5.11. The van der Waals surface area contributed by atoms with Gasteiger partial charge in [0.05, 0.1) is 13.2 Å². The van der Waals surface area contributed by atoms with E-state index in [1.165, 1.54) is 17.6 Å². The highest BCUT2D eigenvalue weighted by Gasteiger charge is 2.22. The van der Waals surface area contributed by atoms with Crippen LogP contribution in [0.1, 0.15) is 43.6 Å². The van der Waals surface area contributed by atoms with Crippen molar-refractivity contribution in [2.24, 2.45) is 5.84 Å². The molecule has 13 nitrogen and oxygen atoms in total. The zero-order valence-electron chi connectivity index (χ0n) is 23.1. The third-order valence-electron chi connectivity index (χ3n) is 6.39. The molecule has 4 N–H and O–H groups in total. The second kappa shape index (κ2) is 13.0. The van der Waals surface area contributed by atoms with Gasteiger partial charge in [0.2, 0.25) is 11.8 Å². The summed E-state index contributed by atoms with van der Waals surface area (Å²) in [6, 6.07) is 13.1. The maximum Gasteiger partial charge on any atom is 0.431 e. The molecular formula is C28H30FN7O6. The number of carbonyl (C=O) groups is 3. The molecule has 2 aromatic carbocycles. The van der Waals surface area contributed by atoms with E-state index in [-0.39, 0.29) is 56.0 Å². The van der Waals surface area contributed by atoms with E-state index in [0.29, 0.717) is 22.1 Å². The number of imide groups is 1. The molecule has 3 amide bonds. The van der Waals surface area contributed by atoms with Crippen LogP contribution in [-0.2, 0) is 33.8 Å². The van der Waals surface area contributed by atoms with Gasteiger partial charge in [-0.25, -0.2) is 24.8 Å². The molecule has 0 spiro atoms. The Morgan fingerprint density at radius 2 is 1.81 bits per heavy atom. The Labute approximate surface area is 238 Å². The number of ether oxygens (including phenoxy) is 1. The third kappa shape index (κ3) is 6.78. The number of H-pyrrole nitrogens is 1. The van der Waals surface area contributed by atoms with Crippen LogP contribution in [0.2, 0.25) is 0 Å². The van der Waals surface area contributed by atoms with Crippen molar-refractivity contribution in [2.75, 3.05) is 11.9 Å². The van der Waals surface area contributed by atoms with Gasteiger partial charge in [-0.05, 0) is 37.1 Å². The summed E-state index contributed by atoms with van der Waals surface area (Å²) in [7, 11) is 0. The number of aryl methyl sites for hydroxylation is 1. The number of aromatic nitrogens is 4. The average Bonchev–Trinajstić information content (AvgIpc) is 3.29. The Bertz CT molecular complexity index is 1740. The molecular weight excluding hydrogens is 549 g/mol. The van der Waals surface area contributed by atoms with Crippen LogP contribution in [0.3, 0.4) is 0 Å². The molecule has 0 saturated heterocycles. The summed E-state index contributed by atoms with van der Waals surface area (Å²) in [5.74, 6) is 4.50. The summed E-state index contributed by atoms with van der Waals surface area (Å²) in [5, 5.41) is 3.06. The van der Waals surface area contributed by atoms with E-state index < -0.39 is 29.1 Å². The van der Waals surface area contributed by atoms with Crippen LogP contribution in [0.5, 0.6) is 0 Å². The first-order valence-electron chi connectivity index (χ1n) is 13.2. The van der Waals surface area contributed by atoms with Gasteiger partial charge in [0.1, 0.15) is 11.6 Å². The lowest BCUT2D eigenvalue weighted by Crippen LogP contribution is -2.43. The van der Waals surface area contributed by atoms with Gasteiger partial charge in [-0.1, -0.05) is 30.3 Å². The van der Waals surface area contributed by atoms with Gasteiger partial charge in [0, 0.05) is 37.6 Å². The zero-order valence-corrected chi connectivity index (χ0v) is 23.1. The first-order valence-corrected chi connectivity index (χ1v) is 13.2. The summed E-state index contributed by atoms with van der Waals surface area (Å²) in [4.78, 5) is 68.2. The molecule has 4 rings (SSSR count). The Kier molecular flexibility index (Phi) is 9.27. The van der Waals surface area contributed by atoms with Crippen molar-refractivity contribution >= 4 is 34.8 Å². The first-order chi connectivity index (χ1) is 20.1. The standard InChI is InChI=1S/C28H30FN7O6/c1-3-42-28(41)36(30)23(38)9-6-14-34-25-24(26(39)33-27(34)40)35(16-19-7-4-5-8-21(19)29)22(32-25)15-18-10-12-20(13-11-18)31-17(2)37/h4-5,7-8,10-13H,3,6,9,14-16,30H2,1-2H3,(H,31,37)(H,33,39,40). The number of hydrazine groups is 1. The fourth-order valence-corrected chi connectivity index (χ4v) is 4.42. The summed E-state index contributed by atoms with van der Waals surface area (Å²) < 4.78 is 22.1. The fraction of sp³-hybridized carbons (Fsp3) is 0.286. The number of nitrogens with one attached hydrogen (secondary N) is 2.